The van der Waals surface area contributed by atoms with Gasteiger partial charge in [0.1, 0.15) is 0 Å². The lowest BCUT2D eigenvalue weighted by Crippen LogP contribution is -1.92. The first-order valence-corrected chi connectivity index (χ1v) is 4.60. The molecular formula is C11H9N3O2. The molecule has 80 valence electrons. The lowest BCUT2D eigenvalue weighted by molar-refractivity contribution is 0.112. The minimum atomic E-state index is 0.309. The van der Waals surface area contributed by atoms with Gasteiger partial charge in [-0.05, 0) is 6.07 Å². The maximum Gasteiger partial charge on any atom is 0.316 e. The molecule has 0 radical (unpaired) electrons. The normalized spacial score (nSPS) is 9.81. The first-order chi connectivity index (χ1) is 7.83. The van der Waals surface area contributed by atoms with Gasteiger partial charge in [0, 0.05) is 41.5 Å². The van der Waals surface area contributed by atoms with Crippen LogP contribution < -0.4 is 4.74 Å². The van der Waals surface area contributed by atoms with Gasteiger partial charge in [0.2, 0.25) is 0 Å². The molecule has 0 atom stereocenters. The lowest BCUT2D eigenvalue weighted by atomic mass is 10.1. The Kier molecular flexibility index (Phi) is 2.86. The van der Waals surface area contributed by atoms with Crippen LogP contribution in [0.2, 0.25) is 0 Å². The number of rotatable bonds is 3. The summed E-state index contributed by atoms with van der Waals surface area (Å²) in [5.41, 5.74) is 2.11. The average Bonchev–Trinajstić information content (AvgIpc) is 2.39. The minimum Gasteiger partial charge on any atom is -0.467 e. The molecule has 2 heterocycles. The number of ether oxygens (including phenoxy) is 1. The highest BCUT2D eigenvalue weighted by Crippen LogP contribution is 2.17. The van der Waals surface area contributed by atoms with E-state index in [2.05, 4.69) is 15.0 Å². The van der Waals surface area contributed by atoms with E-state index in [-0.39, 0.29) is 0 Å². The summed E-state index contributed by atoms with van der Waals surface area (Å²) in [4.78, 5) is 22.5. The van der Waals surface area contributed by atoms with Crippen molar-refractivity contribution < 1.29 is 9.53 Å². The zero-order valence-electron chi connectivity index (χ0n) is 8.62. The van der Waals surface area contributed by atoms with E-state index in [1.165, 1.54) is 13.3 Å². The highest BCUT2D eigenvalue weighted by atomic mass is 16.5. The fraction of sp³-hybridized carbons (Fsp3) is 0.0909. The van der Waals surface area contributed by atoms with Crippen molar-refractivity contribution in [2.75, 3.05) is 7.11 Å². The molecule has 5 nitrogen and oxygen atoms in total. The number of hydrogen-bond acceptors (Lipinski definition) is 5. The van der Waals surface area contributed by atoms with Gasteiger partial charge >= 0.3 is 6.01 Å². The lowest BCUT2D eigenvalue weighted by Gasteiger charge is -2.01. The predicted molar refractivity (Wildman–Crippen MR) is 57.2 cm³/mol. The summed E-state index contributed by atoms with van der Waals surface area (Å²) < 4.78 is 4.86. The Morgan fingerprint density at radius 3 is 2.50 bits per heavy atom. The summed E-state index contributed by atoms with van der Waals surface area (Å²) in [6.07, 6.45) is 7.15. The summed E-state index contributed by atoms with van der Waals surface area (Å²) in [5, 5.41) is 0. The van der Waals surface area contributed by atoms with E-state index in [0.717, 1.165) is 17.4 Å². The number of aromatic nitrogens is 3. The molecule has 0 bridgehead atoms. The molecule has 0 N–H and O–H groups in total. The molecule has 2 rings (SSSR count). The topological polar surface area (TPSA) is 65.0 Å². The number of carbonyl (C=O) groups excluding carboxylic acids is 1. The van der Waals surface area contributed by atoms with Crippen molar-refractivity contribution in [1.82, 2.24) is 15.0 Å². The number of hydrogen-bond donors (Lipinski definition) is 0. The maximum absolute atomic E-state index is 10.6. The van der Waals surface area contributed by atoms with Crippen LogP contribution in [0.4, 0.5) is 0 Å². The average molecular weight is 215 g/mol. The van der Waals surface area contributed by atoms with E-state index in [9.17, 15) is 4.79 Å². The molecule has 16 heavy (non-hydrogen) atoms. The van der Waals surface area contributed by atoms with Gasteiger partial charge < -0.3 is 4.74 Å². The molecule has 0 fully saturated rings. The Morgan fingerprint density at radius 1 is 1.12 bits per heavy atom. The zero-order valence-corrected chi connectivity index (χ0v) is 8.62. The third-order valence-electron chi connectivity index (χ3n) is 2.04. The molecule has 0 aromatic carbocycles. The van der Waals surface area contributed by atoms with Crippen LogP contribution in [-0.4, -0.2) is 28.3 Å². The van der Waals surface area contributed by atoms with E-state index in [1.807, 2.05) is 0 Å². The van der Waals surface area contributed by atoms with Crippen molar-refractivity contribution in [3.8, 4) is 17.1 Å². The Balaban J connectivity index is 2.38. The van der Waals surface area contributed by atoms with Gasteiger partial charge in [-0.25, -0.2) is 9.97 Å². The van der Waals surface area contributed by atoms with Crippen molar-refractivity contribution >= 4 is 6.29 Å². The van der Waals surface area contributed by atoms with Gasteiger partial charge in [0.25, 0.3) is 0 Å². The van der Waals surface area contributed by atoms with Gasteiger partial charge in [-0.3, -0.25) is 9.78 Å². The van der Waals surface area contributed by atoms with Crippen LogP contribution >= 0.6 is 0 Å². The monoisotopic (exact) mass is 215 g/mol. The summed E-state index contributed by atoms with van der Waals surface area (Å²) in [6, 6.07) is 2.04. The Bertz CT molecular complexity index is 497. The van der Waals surface area contributed by atoms with Gasteiger partial charge in [-0.1, -0.05) is 0 Å². The van der Waals surface area contributed by atoms with E-state index >= 15 is 0 Å². The Labute approximate surface area is 92.2 Å². The standard InChI is InChI=1S/C11H9N3O2/c1-16-11-13-5-10(6-14-11)9-2-8(7-15)3-12-4-9/h2-7H,1H3. The van der Waals surface area contributed by atoms with E-state index in [1.54, 1.807) is 24.7 Å². The maximum atomic E-state index is 10.6. The summed E-state index contributed by atoms with van der Waals surface area (Å²) in [5.74, 6) is 0. The van der Waals surface area contributed by atoms with E-state index in [0.29, 0.717) is 11.6 Å². The second-order valence-electron chi connectivity index (χ2n) is 3.08. The Morgan fingerprint density at radius 2 is 1.88 bits per heavy atom. The third kappa shape index (κ3) is 2.03. The predicted octanol–water partition coefficient (Wildman–Crippen LogP) is 1.36. The molecule has 2 aromatic heterocycles. The second kappa shape index (κ2) is 4.48. The molecule has 2 aromatic rings. The number of carbonyl (C=O) groups is 1. The van der Waals surface area contributed by atoms with E-state index in [4.69, 9.17) is 4.74 Å². The molecule has 5 heteroatoms. The largest absolute Gasteiger partial charge is 0.467 e. The van der Waals surface area contributed by atoms with Crippen molar-refractivity contribution in [1.29, 1.82) is 0 Å². The molecule has 0 unspecified atom stereocenters. The van der Waals surface area contributed by atoms with Crippen LogP contribution in [0.15, 0.2) is 30.9 Å². The van der Waals surface area contributed by atoms with Crippen molar-refractivity contribution in [3.63, 3.8) is 0 Å². The zero-order chi connectivity index (χ0) is 11.4. The molecule has 0 aliphatic carbocycles. The Hall–Kier alpha value is -2.30. The summed E-state index contributed by atoms with van der Waals surface area (Å²) >= 11 is 0. The SMILES string of the molecule is COc1ncc(-c2cncc(C=O)c2)cn1. The molecule has 0 aliphatic rings. The first-order valence-electron chi connectivity index (χ1n) is 4.60. The van der Waals surface area contributed by atoms with Crippen LogP contribution in [-0.2, 0) is 0 Å². The van der Waals surface area contributed by atoms with Crippen molar-refractivity contribution in [2.24, 2.45) is 0 Å². The van der Waals surface area contributed by atoms with Crippen LogP contribution in [0.1, 0.15) is 10.4 Å². The highest BCUT2D eigenvalue weighted by Gasteiger charge is 2.01. The second-order valence-corrected chi connectivity index (χ2v) is 3.08. The number of methoxy groups -OCH3 is 1. The van der Waals surface area contributed by atoms with Gasteiger partial charge in [-0.15, -0.1) is 0 Å². The smallest absolute Gasteiger partial charge is 0.316 e. The molecular weight excluding hydrogens is 206 g/mol. The molecule has 0 saturated heterocycles. The minimum absolute atomic E-state index is 0.309. The quantitative estimate of drug-likeness (QED) is 0.723. The molecule has 0 aliphatic heterocycles. The highest BCUT2D eigenvalue weighted by molar-refractivity contribution is 5.77. The van der Waals surface area contributed by atoms with Crippen LogP contribution in [0.5, 0.6) is 6.01 Å². The van der Waals surface area contributed by atoms with Gasteiger partial charge in [0.15, 0.2) is 6.29 Å². The van der Waals surface area contributed by atoms with Crippen LogP contribution in [0.3, 0.4) is 0 Å². The molecule has 0 spiro atoms. The fourth-order valence-corrected chi connectivity index (χ4v) is 1.25. The van der Waals surface area contributed by atoms with Gasteiger partial charge in [-0.2, -0.15) is 0 Å². The number of pyridine rings is 1. The number of nitrogens with zero attached hydrogens (tertiary/aromatic N) is 3. The molecule has 0 amide bonds. The van der Waals surface area contributed by atoms with Crippen molar-refractivity contribution in [2.45, 2.75) is 0 Å². The summed E-state index contributed by atoms with van der Waals surface area (Å²) in [7, 11) is 1.50. The first kappa shape index (κ1) is 10.2. The third-order valence-corrected chi connectivity index (χ3v) is 2.04. The summed E-state index contributed by atoms with van der Waals surface area (Å²) in [6.45, 7) is 0. The fourth-order valence-electron chi connectivity index (χ4n) is 1.25. The van der Waals surface area contributed by atoms with Crippen LogP contribution in [0.25, 0.3) is 11.1 Å². The van der Waals surface area contributed by atoms with Crippen molar-refractivity contribution in [3.05, 3.63) is 36.4 Å². The molecule has 0 saturated carbocycles. The van der Waals surface area contributed by atoms with Crippen LogP contribution in [0, 0.1) is 0 Å². The van der Waals surface area contributed by atoms with Gasteiger partial charge in [0.05, 0.1) is 7.11 Å². The number of aldehydes is 1. The van der Waals surface area contributed by atoms with E-state index < -0.39 is 0 Å².